The molecule has 0 saturated carbocycles. The van der Waals surface area contributed by atoms with E-state index in [1.165, 1.54) is 18.2 Å². The molecule has 0 spiro atoms. The second-order valence-corrected chi connectivity index (χ2v) is 7.30. The molecular formula is C19H18FNO3S. The molecule has 1 aliphatic heterocycles. The lowest BCUT2D eigenvalue weighted by molar-refractivity contribution is -0.121. The number of anilines is 1. The molecule has 4 nitrogen and oxygen atoms in total. The summed E-state index contributed by atoms with van der Waals surface area (Å²) in [6.07, 6.45) is 0.850. The van der Waals surface area contributed by atoms with Gasteiger partial charge in [-0.1, -0.05) is 25.1 Å². The van der Waals surface area contributed by atoms with E-state index >= 15 is 0 Å². The van der Waals surface area contributed by atoms with Crippen LogP contribution in [0, 0.1) is 5.82 Å². The molecule has 0 N–H and O–H groups in total. The van der Waals surface area contributed by atoms with Gasteiger partial charge in [-0.2, -0.15) is 0 Å². The van der Waals surface area contributed by atoms with Crippen LogP contribution in [0.1, 0.15) is 23.7 Å². The second kappa shape index (κ2) is 7.70. The van der Waals surface area contributed by atoms with Crippen LogP contribution in [-0.4, -0.2) is 30.3 Å². The van der Waals surface area contributed by atoms with Gasteiger partial charge < -0.3 is 9.64 Å². The number of rotatable bonds is 3. The summed E-state index contributed by atoms with van der Waals surface area (Å²) in [5.41, 5.74) is 0.928. The molecule has 25 heavy (non-hydrogen) atoms. The van der Waals surface area contributed by atoms with Gasteiger partial charge in [0.15, 0.2) is 6.61 Å². The summed E-state index contributed by atoms with van der Waals surface area (Å²) < 4.78 is 18.3. The van der Waals surface area contributed by atoms with E-state index in [-0.39, 0.29) is 18.1 Å². The normalized spacial score (nSPS) is 16.7. The van der Waals surface area contributed by atoms with Crippen molar-refractivity contribution in [3.8, 4) is 0 Å². The number of halogens is 1. The third-order valence-electron chi connectivity index (χ3n) is 3.93. The first-order chi connectivity index (χ1) is 12.0. The molecule has 1 heterocycles. The van der Waals surface area contributed by atoms with Crippen LogP contribution in [0.3, 0.4) is 0 Å². The quantitative estimate of drug-likeness (QED) is 0.780. The summed E-state index contributed by atoms with van der Waals surface area (Å²) in [4.78, 5) is 27.3. The lowest BCUT2D eigenvalue weighted by Gasteiger charge is -2.22. The average molecular weight is 359 g/mol. The molecule has 0 saturated heterocycles. The maximum atomic E-state index is 13.2. The number of para-hydroxylation sites is 1. The standard InChI is InChI=1S/C19H18FNO3S/c1-13-9-10-21(16-7-2-3-8-17(16)25-13)18(22)12-24-19(23)14-5-4-6-15(20)11-14/h2-8,11,13H,9-10,12H2,1H3/t13-/m0/s1. The zero-order chi connectivity index (χ0) is 17.8. The highest BCUT2D eigenvalue weighted by atomic mass is 32.2. The minimum absolute atomic E-state index is 0.0910. The van der Waals surface area contributed by atoms with Gasteiger partial charge in [0.2, 0.25) is 0 Å². The fraction of sp³-hybridized carbons (Fsp3) is 0.263. The van der Waals surface area contributed by atoms with Crippen LogP contribution in [0.25, 0.3) is 0 Å². The lowest BCUT2D eigenvalue weighted by Crippen LogP contribution is -2.35. The molecule has 1 amide bonds. The summed E-state index contributed by atoms with van der Waals surface area (Å²) in [6.45, 7) is 2.32. The fourth-order valence-electron chi connectivity index (χ4n) is 2.65. The van der Waals surface area contributed by atoms with Crippen molar-refractivity contribution in [1.29, 1.82) is 0 Å². The Hall–Kier alpha value is -2.34. The van der Waals surface area contributed by atoms with Gasteiger partial charge in [0, 0.05) is 16.7 Å². The number of ether oxygens (including phenoxy) is 1. The van der Waals surface area contributed by atoms with Crippen molar-refractivity contribution in [2.45, 2.75) is 23.5 Å². The molecule has 2 aromatic rings. The van der Waals surface area contributed by atoms with Crippen LogP contribution < -0.4 is 4.90 Å². The summed E-state index contributed by atoms with van der Waals surface area (Å²) in [7, 11) is 0. The Morgan fingerprint density at radius 2 is 2.04 bits per heavy atom. The Morgan fingerprint density at radius 1 is 1.24 bits per heavy atom. The molecule has 0 aliphatic carbocycles. The Kier molecular flexibility index (Phi) is 5.38. The van der Waals surface area contributed by atoms with Crippen molar-refractivity contribution in [2.24, 2.45) is 0 Å². The molecule has 0 unspecified atom stereocenters. The SMILES string of the molecule is C[C@H]1CCN(C(=O)COC(=O)c2cccc(F)c2)c2ccccc2S1. The van der Waals surface area contributed by atoms with Crippen LogP contribution in [-0.2, 0) is 9.53 Å². The van der Waals surface area contributed by atoms with Gasteiger partial charge in [-0.25, -0.2) is 9.18 Å². The van der Waals surface area contributed by atoms with Crippen LogP contribution in [0.5, 0.6) is 0 Å². The molecule has 0 bridgehead atoms. The summed E-state index contributed by atoms with van der Waals surface area (Å²) in [6, 6.07) is 12.9. The number of thioether (sulfide) groups is 1. The number of amides is 1. The van der Waals surface area contributed by atoms with Gasteiger partial charge in [0.25, 0.3) is 5.91 Å². The van der Waals surface area contributed by atoms with Crippen LogP contribution in [0.15, 0.2) is 53.4 Å². The van der Waals surface area contributed by atoms with E-state index in [0.717, 1.165) is 23.1 Å². The Bertz CT molecular complexity index is 796. The largest absolute Gasteiger partial charge is 0.452 e. The van der Waals surface area contributed by atoms with E-state index in [2.05, 4.69) is 6.92 Å². The molecule has 6 heteroatoms. The second-order valence-electron chi connectivity index (χ2n) is 5.82. The maximum absolute atomic E-state index is 13.2. The Labute approximate surface area is 150 Å². The van der Waals surface area contributed by atoms with E-state index < -0.39 is 11.8 Å². The van der Waals surface area contributed by atoms with Gasteiger partial charge in [0.1, 0.15) is 5.82 Å². The Morgan fingerprint density at radius 3 is 2.84 bits per heavy atom. The Balaban J connectivity index is 1.70. The molecule has 2 aromatic carbocycles. The molecular weight excluding hydrogens is 341 g/mol. The monoisotopic (exact) mass is 359 g/mol. The number of benzene rings is 2. The molecule has 0 aromatic heterocycles. The van der Waals surface area contributed by atoms with Gasteiger partial charge in [-0.3, -0.25) is 4.79 Å². The van der Waals surface area contributed by atoms with Gasteiger partial charge in [-0.05, 0) is 36.8 Å². The highest BCUT2D eigenvalue weighted by Crippen LogP contribution is 2.37. The van der Waals surface area contributed by atoms with E-state index in [1.54, 1.807) is 16.7 Å². The smallest absolute Gasteiger partial charge is 0.338 e. The molecule has 0 radical (unpaired) electrons. The van der Waals surface area contributed by atoms with Crippen molar-refractivity contribution in [3.63, 3.8) is 0 Å². The topological polar surface area (TPSA) is 46.6 Å². The van der Waals surface area contributed by atoms with Crippen LogP contribution in [0.4, 0.5) is 10.1 Å². The number of fused-ring (bicyclic) bond motifs is 1. The zero-order valence-electron chi connectivity index (χ0n) is 13.8. The fourth-order valence-corrected chi connectivity index (χ4v) is 3.76. The number of esters is 1. The van der Waals surface area contributed by atoms with Crippen molar-refractivity contribution < 1.29 is 18.7 Å². The predicted octanol–water partition coefficient (Wildman–Crippen LogP) is 3.90. The molecule has 1 atom stereocenters. The molecule has 3 rings (SSSR count). The third kappa shape index (κ3) is 4.20. The van der Waals surface area contributed by atoms with E-state index in [9.17, 15) is 14.0 Å². The van der Waals surface area contributed by atoms with Crippen molar-refractivity contribution in [3.05, 3.63) is 59.9 Å². The van der Waals surface area contributed by atoms with Crippen molar-refractivity contribution >= 4 is 29.3 Å². The lowest BCUT2D eigenvalue weighted by atomic mass is 10.2. The number of carbonyl (C=O) groups is 2. The number of hydrogen-bond donors (Lipinski definition) is 0. The summed E-state index contributed by atoms with van der Waals surface area (Å²) >= 11 is 1.73. The maximum Gasteiger partial charge on any atom is 0.338 e. The number of carbonyl (C=O) groups excluding carboxylic acids is 2. The summed E-state index contributed by atoms with van der Waals surface area (Å²) in [5.74, 6) is -1.51. The van der Waals surface area contributed by atoms with E-state index in [0.29, 0.717) is 11.8 Å². The van der Waals surface area contributed by atoms with E-state index in [1.807, 2.05) is 24.3 Å². The number of hydrogen-bond acceptors (Lipinski definition) is 4. The van der Waals surface area contributed by atoms with Crippen molar-refractivity contribution in [1.82, 2.24) is 0 Å². The van der Waals surface area contributed by atoms with Crippen molar-refractivity contribution in [2.75, 3.05) is 18.1 Å². The molecule has 0 fully saturated rings. The first-order valence-corrected chi connectivity index (χ1v) is 8.91. The predicted molar refractivity (Wildman–Crippen MR) is 95.4 cm³/mol. The highest BCUT2D eigenvalue weighted by Gasteiger charge is 2.25. The highest BCUT2D eigenvalue weighted by molar-refractivity contribution is 8.00. The molecule has 1 aliphatic rings. The zero-order valence-corrected chi connectivity index (χ0v) is 14.6. The van der Waals surface area contributed by atoms with E-state index in [4.69, 9.17) is 4.74 Å². The first-order valence-electron chi connectivity index (χ1n) is 8.03. The first kappa shape index (κ1) is 17.5. The van der Waals surface area contributed by atoms with Gasteiger partial charge in [0.05, 0.1) is 11.3 Å². The van der Waals surface area contributed by atoms with Crippen LogP contribution in [0.2, 0.25) is 0 Å². The minimum atomic E-state index is -0.710. The third-order valence-corrected chi connectivity index (χ3v) is 5.17. The van der Waals surface area contributed by atoms with Crippen LogP contribution >= 0.6 is 11.8 Å². The molecule has 130 valence electrons. The van der Waals surface area contributed by atoms with Gasteiger partial charge in [-0.15, -0.1) is 11.8 Å². The average Bonchev–Trinajstić information content (AvgIpc) is 2.77. The summed E-state index contributed by atoms with van der Waals surface area (Å²) in [5, 5.41) is 0.397. The number of nitrogens with zero attached hydrogens (tertiary/aromatic N) is 1. The van der Waals surface area contributed by atoms with Gasteiger partial charge >= 0.3 is 5.97 Å². The minimum Gasteiger partial charge on any atom is -0.452 e.